The third kappa shape index (κ3) is 13.9. The van der Waals surface area contributed by atoms with Crippen molar-refractivity contribution in [1.82, 2.24) is 0 Å². The highest BCUT2D eigenvalue weighted by molar-refractivity contribution is 7.90. The van der Waals surface area contributed by atoms with E-state index in [4.69, 9.17) is 0 Å². The topological polar surface area (TPSA) is 34.1 Å². The fourth-order valence-electron chi connectivity index (χ4n) is 1.78. The van der Waals surface area contributed by atoms with Crippen LogP contribution in [0.15, 0.2) is 0 Å². The molecule has 0 heterocycles. The first-order chi connectivity index (χ1) is 7.56. The minimum absolute atomic E-state index is 0.358. The second-order valence-corrected chi connectivity index (χ2v) is 6.93. The minimum atomic E-state index is -2.74. The first-order valence-corrected chi connectivity index (χ1v) is 8.59. The average Bonchev–Trinajstić information content (AvgIpc) is 2.19. The fourth-order valence-corrected chi connectivity index (χ4v) is 2.51. The molecule has 0 aromatic heterocycles. The van der Waals surface area contributed by atoms with Crippen molar-refractivity contribution in [3.8, 4) is 0 Å². The number of unbranched alkanes of at least 4 members (excludes halogenated alkanes) is 9. The van der Waals surface area contributed by atoms with Crippen molar-refractivity contribution in [2.45, 2.75) is 64.2 Å². The van der Waals surface area contributed by atoms with Gasteiger partial charge in [-0.2, -0.15) is 0 Å². The second kappa shape index (κ2) is 10.1. The van der Waals surface area contributed by atoms with Crippen LogP contribution in [0.5, 0.6) is 0 Å². The van der Waals surface area contributed by atoms with Gasteiger partial charge in [-0.15, -0.1) is 0 Å². The van der Waals surface area contributed by atoms with E-state index in [1.807, 2.05) is 0 Å². The van der Waals surface area contributed by atoms with Crippen LogP contribution in [-0.2, 0) is 9.84 Å². The molecule has 1 radical (unpaired) electrons. The first-order valence-electron chi connectivity index (χ1n) is 6.53. The lowest BCUT2D eigenvalue weighted by Gasteiger charge is -2.01. The Balaban J connectivity index is 3.05. The molecule has 0 saturated heterocycles. The molecule has 0 unspecified atom stereocenters. The molecule has 0 aliphatic carbocycles. The molecule has 0 atom stereocenters. The van der Waals surface area contributed by atoms with Gasteiger partial charge in [0.15, 0.2) is 0 Å². The van der Waals surface area contributed by atoms with Crippen molar-refractivity contribution >= 4 is 9.84 Å². The molecule has 0 amide bonds. The zero-order valence-corrected chi connectivity index (χ0v) is 11.5. The standard InChI is InChI=1S/C13H27O2S/c1-3-4-5-6-7-8-9-10-11-12-13-16(2,14)15/h1,3-13H2,2H3. The van der Waals surface area contributed by atoms with Crippen LogP contribution in [0.1, 0.15) is 64.2 Å². The summed E-state index contributed by atoms with van der Waals surface area (Å²) in [5.74, 6) is 0.358. The monoisotopic (exact) mass is 247 g/mol. The Morgan fingerprint density at radius 3 is 1.50 bits per heavy atom. The van der Waals surface area contributed by atoms with Crippen LogP contribution >= 0.6 is 0 Å². The zero-order chi connectivity index (χ0) is 12.3. The van der Waals surface area contributed by atoms with Crippen molar-refractivity contribution in [2.75, 3.05) is 12.0 Å². The Kier molecular flexibility index (Phi) is 10.1. The first kappa shape index (κ1) is 16.0. The normalized spacial score (nSPS) is 11.9. The lowest BCUT2D eigenvalue weighted by molar-refractivity contribution is 0.562. The lowest BCUT2D eigenvalue weighted by atomic mass is 10.1. The predicted molar refractivity (Wildman–Crippen MR) is 71.2 cm³/mol. The van der Waals surface area contributed by atoms with Crippen LogP contribution in [0.4, 0.5) is 0 Å². The van der Waals surface area contributed by atoms with E-state index in [1.165, 1.54) is 51.2 Å². The number of sulfone groups is 1. The van der Waals surface area contributed by atoms with Gasteiger partial charge in [0.1, 0.15) is 9.84 Å². The predicted octanol–water partition coefficient (Wildman–Crippen LogP) is 3.77. The number of rotatable bonds is 11. The van der Waals surface area contributed by atoms with Gasteiger partial charge >= 0.3 is 0 Å². The van der Waals surface area contributed by atoms with Crippen LogP contribution in [0.25, 0.3) is 0 Å². The van der Waals surface area contributed by atoms with Crippen LogP contribution in [0, 0.1) is 6.92 Å². The molecule has 16 heavy (non-hydrogen) atoms. The molecule has 2 nitrogen and oxygen atoms in total. The number of hydrogen-bond acceptors (Lipinski definition) is 2. The van der Waals surface area contributed by atoms with Crippen molar-refractivity contribution in [3.05, 3.63) is 6.92 Å². The quantitative estimate of drug-likeness (QED) is 0.521. The van der Waals surface area contributed by atoms with E-state index >= 15 is 0 Å². The minimum Gasteiger partial charge on any atom is -0.229 e. The largest absolute Gasteiger partial charge is 0.229 e. The number of hydrogen-bond donors (Lipinski definition) is 0. The Morgan fingerprint density at radius 2 is 1.12 bits per heavy atom. The van der Waals surface area contributed by atoms with Gasteiger partial charge in [-0.1, -0.05) is 64.7 Å². The van der Waals surface area contributed by atoms with Crippen LogP contribution in [-0.4, -0.2) is 20.4 Å². The molecular weight excluding hydrogens is 220 g/mol. The molecule has 3 heteroatoms. The highest BCUT2D eigenvalue weighted by Gasteiger charge is 2.00. The van der Waals surface area contributed by atoms with E-state index in [1.54, 1.807) is 0 Å². The summed E-state index contributed by atoms with van der Waals surface area (Å²) in [6, 6.07) is 0. The van der Waals surface area contributed by atoms with Gasteiger partial charge < -0.3 is 0 Å². The average molecular weight is 247 g/mol. The Labute approximate surface area is 102 Å². The van der Waals surface area contributed by atoms with Crippen molar-refractivity contribution in [1.29, 1.82) is 0 Å². The molecule has 0 N–H and O–H groups in total. The van der Waals surface area contributed by atoms with Crippen molar-refractivity contribution in [2.24, 2.45) is 0 Å². The maximum absolute atomic E-state index is 10.9. The molecule has 0 aromatic rings. The third-order valence-electron chi connectivity index (χ3n) is 2.77. The Hall–Kier alpha value is -0.0500. The van der Waals surface area contributed by atoms with Gasteiger partial charge in [-0.25, -0.2) is 8.42 Å². The van der Waals surface area contributed by atoms with Gasteiger partial charge in [-0.3, -0.25) is 0 Å². The molecule has 0 spiro atoms. The summed E-state index contributed by atoms with van der Waals surface area (Å²) in [6.07, 6.45) is 13.2. The van der Waals surface area contributed by atoms with E-state index in [0.717, 1.165) is 19.3 Å². The van der Waals surface area contributed by atoms with Crippen molar-refractivity contribution < 1.29 is 8.42 Å². The smallest absolute Gasteiger partial charge is 0.147 e. The van der Waals surface area contributed by atoms with Gasteiger partial charge in [0.25, 0.3) is 0 Å². The highest BCUT2D eigenvalue weighted by atomic mass is 32.2. The highest BCUT2D eigenvalue weighted by Crippen LogP contribution is 2.10. The van der Waals surface area contributed by atoms with Crippen LogP contribution in [0.2, 0.25) is 0 Å². The molecule has 0 bridgehead atoms. The summed E-state index contributed by atoms with van der Waals surface area (Å²) in [5, 5.41) is 0. The van der Waals surface area contributed by atoms with Gasteiger partial charge in [-0.05, 0) is 6.42 Å². The molecule has 0 aliphatic rings. The summed E-state index contributed by atoms with van der Waals surface area (Å²) in [7, 11) is -2.74. The van der Waals surface area contributed by atoms with E-state index < -0.39 is 9.84 Å². The molecule has 0 fully saturated rings. The molecule has 0 aliphatic heterocycles. The summed E-state index contributed by atoms with van der Waals surface area (Å²) in [6.45, 7) is 3.82. The van der Waals surface area contributed by atoms with Crippen LogP contribution < -0.4 is 0 Å². The molecule has 0 rings (SSSR count). The molecule has 0 aromatic carbocycles. The molecular formula is C13H27O2S. The molecule has 0 saturated carbocycles. The lowest BCUT2D eigenvalue weighted by Crippen LogP contribution is -2.02. The van der Waals surface area contributed by atoms with E-state index in [9.17, 15) is 8.42 Å². The summed E-state index contributed by atoms with van der Waals surface area (Å²) < 4.78 is 21.7. The fraction of sp³-hybridized carbons (Fsp3) is 0.923. The third-order valence-corrected chi connectivity index (χ3v) is 3.80. The van der Waals surface area contributed by atoms with Gasteiger partial charge in [0, 0.05) is 12.0 Å². The van der Waals surface area contributed by atoms with E-state index in [-0.39, 0.29) is 0 Å². The zero-order valence-electron chi connectivity index (χ0n) is 10.7. The van der Waals surface area contributed by atoms with Crippen LogP contribution in [0.3, 0.4) is 0 Å². The Bertz CT molecular complexity index is 232. The van der Waals surface area contributed by atoms with E-state index in [0.29, 0.717) is 5.75 Å². The molecule has 97 valence electrons. The van der Waals surface area contributed by atoms with Gasteiger partial charge in [0.2, 0.25) is 0 Å². The van der Waals surface area contributed by atoms with Gasteiger partial charge in [0.05, 0.1) is 0 Å². The maximum Gasteiger partial charge on any atom is 0.147 e. The summed E-state index contributed by atoms with van der Waals surface area (Å²) in [4.78, 5) is 0. The summed E-state index contributed by atoms with van der Waals surface area (Å²) >= 11 is 0. The maximum atomic E-state index is 10.9. The Morgan fingerprint density at radius 1 is 0.750 bits per heavy atom. The van der Waals surface area contributed by atoms with Crippen molar-refractivity contribution in [3.63, 3.8) is 0 Å². The second-order valence-electron chi connectivity index (χ2n) is 4.67. The SMILES string of the molecule is [CH2]CCCCCCCCCCCS(C)(=O)=O. The summed E-state index contributed by atoms with van der Waals surface area (Å²) in [5.41, 5.74) is 0. The van der Waals surface area contributed by atoms with E-state index in [2.05, 4.69) is 6.92 Å².